The molecule has 1 saturated heterocycles. The van der Waals surface area contributed by atoms with Crippen molar-refractivity contribution in [3.05, 3.63) is 59.7 Å². The van der Waals surface area contributed by atoms with Gasteiger partial charge in [0.25, 0.3) is 0 Å². The van der Waals surface area contributed by atoms with E-state index in [4.69, 9.17) is 0 Å². The molecule has 1 heterocycles. The lowest BCUT2D eigenvalue weighted by Crippen LogP contribution is -2.51. The van der Waals surface area contributed by atoms with Gasteiger partial charge >= 0.3 is 0 Å². The molecule has 0 saturated carbocycles. The molecule has 156 valence electrons. The van der Waals surface area contributed by atoms with Crippen LogP contribution >= 0.6 is 11.8 Å². The van der Waals surface area contributed by atoms with E-state index in [2.05, 4.69) is 0 Å². The number of sulfonamides is 1. The van der Waals surface area contributed by atoms with Crippen molar-refractivity contribution >= 4 is 27.7 Å². The second-order valence-electron chi connectivity index (χ2n) is 6.23. The third-order valence-electron chi connectivity index (χ3n) is 4.37. The van der Waals surface area contributed by atoms with E-state index in [0.29, 0.717) is 11.0 Å². The Morgan fingerprint density at radius 1 is 0.862 bits per heavy atom. The molecule has 2 aromatic rings. The number of hydrogen-bond donors (Lipinski definition) is 0. The Hall–Kier alpha value is -2.11. The van der Waals surface area contributed by atoms with Gasteiger partial charge in [0, 0.05) is 31.1 Å². The summed E-state index contributed by atoms with van der Waals surface area (Å²) in [5, 5.41) is 0. The number of amides is 1. The van der Waals surface area contributed by atoms with Crippen molar-refractivity contribution in [1.82, 2.24) is 9.21 Å². The van der Waals surface area contributed by atoms with E-state index in [1.54, 1.807) is 0 Å². The maximum Gasteiger partial charge on any atom is 0.243 e. The summed E-state index contributed by atoms with van der Waals surface area (Å²) in [6.45, 7) is 0.256. The molecule has 1 aliphatic heterocycles. The van der Waals surface area contributed by atoms with Crippen LogP contribution in [-0.2, 0) is 14.8 Å². The first kappa shape index (κ1) is 21.6. The molecule has 29 heavy (non-hydrogen) atoms. The standard InChI is InChI=1S/C18H16F4N2O3S2/c19-14-3-1-12(9-16(14)21)28-11-18(25)23-5-7-24(8-6-23)29(26,27)13-2-4-15(20)17(22)10-13/h1-4,9-10H,5-8,11H2. The van der Waals surface area contributed by atoms with Crippen molar-refractivity contribution in [2.24, 2.45) is 0 Å². The molecule has 1 aliphatic rings. The number of benzene rings is 2. The Bertz CT molecular complexity index is 1030. The summed E-state index contributed by atoms with van der Waals surface area (Å²) >= 11 is 1.04. The van der Waals surface area contributed by atoms with E-state index in [9.17, 15) is 30.8 Å². The zero-order valence-electron chi connectivity index (χ0n) is 14.9. The van der Waals surface area contributed by atoms with Crippen LogP contribution < -0.4 is 0 Å². The lowest BCUT2D eigenvalue weighted by atomic mass is 10.3. The smallest absolute Gasteiger partial charge is 0.243 e. The predicted octanol–water partition coefficient (Wildman–Crippen LogP) is 2.87. The normalized spacial score (nSPS) is 15.5. The van der Waals surface area contributed by atoms with Gasteiger partial charge in [0.05, 0.1) is 10.6 Å². The molecular formula is C18H16F4N2O3S2. The highest BCUT2D eigenvalue weighted by Gasteiger charge is 2.30. The van der Waals surface area contributed by atoms with Crippen LogP contribution in [0.5, 0.6) is 0 Å². The minimum atomic E-state index is -4.01. The minimum Gasteiger partial charge on any atom is -0.339 e. The highest BCUT2D eigenvalue weighted by molar-refractivity contribution is 8.00. The summed E-state index contributed by atoms with van der Waals surface area (Å²) in [7, 11) is -4.01. The number of hydrogen-bond acceptors (Lipinski definition) is 4. The van der Waals surface area contributed by atoms with Gasteiger partial charge in [-0.2, -0.15) is 4.31 Å². The van der Waals surface area contributed by atoms with Gasteiger partial charge in [-0.3, -0.25) is 4.79 Å². The molecule has 2 aromatic carbocycles. The molecule has 1 amide bonds. The molecule has 0 unspecified atom stereocenters. The molecule has 11 heteroatoms. The molecule has 3 rings (SSSR count). The van der Waals surface area contributed by atoms with Gasteiger partial charge in [-0.25, -0.2) is 26.0 Å². The highest BCUT2D eigenvalue weighted by Crippen LogP contribution is 2.23. The zero-order chi connectivity index (χ0) is 21.2. The van der Waals surface area contributed by atoms with E-state index in [1.807, 2.05) is 0 Å². The van der Waals surface area contributed by atoms with Crippen LogP contribution in [0.25, 0.3) is 0 Å². The summed E-state index contributed by atoms with van der Waals surface area (Å²) in [5.74, 6) is -4.66. The predicted molar refractivity (Wildman–Crippen MR) is 98.8 cm³/mol. The summed E-state index contributed by atoms with van der Waals surface area (Å²) in [6.07, 6.45) is 0. The van der Waals surface area contributed by atoms with Crippen molar-refractivity contribution in [3.8, 4) is 0 Å². The molecule has 0 radical (unpaired) electrons. The van der Waals surface area contributed by atoms with Crippen molar-refractivity contribution in [3.63, 3.8) is 0 Å². The molecule has 0 spiro atoms. The summed E-state index contributed by atoms with van der Waals surface area (Å²) in [4.78, 5) is 13.8. The summed E-state index contributed by atoms with van der Waals surface area (Å²) in [6, 6.07) is 5.70. The number of nitrogens with zero attached hydrogens (tertiary/aromatic N) is 2. The molecule has 0 aromatic heterocycles. The number of halogens is 4. The van der Waals surface area contributed by atoms with Crippen molar-refractivity contribution in [2.45, 2.75) is 9.79 Å². The fourth-order valence-electron chi connectivity index (χ4n) is 2.77. The van der Waals surface area contributed by atoms with Gasteiger partial charge in [0.15, 0.2) is 23.3 Å². The van der Waals surface area contributed by atoms with Gasteiger partial charge in [0.2, 0.25) is 15.9 Å². The van der Waals surface area contributed by atoms with Gasteiger partial charge < -0.3 is 4.90 Å². The molecule has 5 nitrogen and oxygen atoms in total. The SMILES string of the molecule is O=C(CSc1ccc(F)c(F)c1)N1CCN(S(=O)(=O)c2ccc(F)c(F)c2)CC1. The highest BCUT2D eigenvalue weighted by atomic mass is 32.2. The topological polar surface area (TPSA) is 57.7 Å². The molecule has 0 N–H and O–H groups in total. The number of carbonyl (C=O) groups is 1. The van der Waals surface area contributed by atoms with E-state index < -0.39 is 33.3 Å². The Morgan fingerprint density at radius 3 is 2.03 bits per heavy atom. The average Bonchev–Trinajstić information content (AvgIpc) is 2.70. The van der Waals surface area contributed by atoms with Crippen LogP contribution in [0.1, 0.15) is 0 Å². The second kappa shape index (κ2) is 8.72. The van der Waals surface area contributed by atoms with E-state index in [1.165, 1.54) is 11.0 Å². The molecule has 0 atom stereocenters. The van der Waals surface area contributed by atoms with Crippen LogP contribution in [0.3, 0.4) is 0 Å². The zero-order valence-corrected chi connectivity index (χ0v) is 16.6. The van der Waals surface area contributed by atoms with E-state index in [-0.39, 0.29) is 42.7 Å². The van der Waals surface area contributed by atoms with Gasteiger partial charge in [-0.15, -0.1) is 11.8 Å². The quantitative estimate of drug-likeness (QED) is 0.522. The van der Waals surface area contributed by atoms with Gasteiger partial charge in [0.1, 0.15) is 0 Å². The monoisotopic (exact) mass is 448 g/mol. The maximum atomic E-state index is 13.4. The van der Waals surface area contributed by atoms with E-state index >= 15 is 0 Å². The third kappa shape index (κ3) is 4.90. The maximum absolute atomic E-state index is 13.4. The minimum absolute atomic E-state index is 0.00289. The molecule has 0 bridgehead atoms. The van der Waals surface area contributed by atoms with Crippen molar-refractivity contribution in [1.29, 1.82) is 0 Å². The fraction of sp³-hybridized carbons (Fsp3) is 0.278. The first-order valence-electron chi connectivity index (χ1n) is 8.49. The Balaban J connectivity index is 1.57. The second-order valence-corrected chi connectivity index (χ2v) is 9.21. The summed E-state index contributed by atoms with van der Waals surface area (Å²) < 4.78 is 78.8. The lowest BCUT2D eigenvalue weighted by molar-refractivity contribution is -0.129. The summed E-state index contributed by atoms with van der Waals surface area (Å²) in [5.41, 5.74) is 0. The van der Waals surface area contributed by atoms with Crippen LogP contribution in [0, 0.1) is 23.3 Å². The van der Waals surface area contributed by atoms with Gasteiger partial charge in [-0.05, 0) is 36.4 Å². The fourth-order valence-corrected chi connectivity index (χ4v) is 5.03. The first-order valence-corrected chi connectivity index (χ1v) is 10.9. The Morgan fingerprint density at radius 2 is 1.45 bits per heavy atom. The number of piperazine rings is 1. The number of carbonyl (C=O) groups excluding carboxylic acids is 1. The van der Waals surface area contributed by atoms with Crippen LogP contribution in [0.15, 0.2) is 46.2 Å². The number of thioether (sulfide) groups is 1. The lowest BCUT2D eigenvalue weighted by Gasteiger charge is -2.34. The Labute approximate surface area is 169 Å². The van der Waals surface area contributed by atoms with Crippen LogP contribution in [0.2, 0.25) is 0 Å². The van der Waals surface area contributed by atoms with Crippen molar-refractivity contribution in [2.75, 3.05) is 31.9 Å². The largest absolute Gasteiger partial charge is 0.339 e. The van der Waals surface area contributed by atoms with Crippen molar-refractivity contribution < 1.29 is 30.8 Å². The Kier molecular flexibility index (Phi) is 6.49. The first-order chi connectivity index (χ1) is 13.7. The third-order valence-corrected chi connectivity index (χ3v) is 7.25. The van der Waals surface area contributed by atoms with E-state index in [0.717, 1.165) is 40.3 Å². The molecular weight excluding hydrogens is 432 g/mol. The van der Waals surface area contributed by atoms with Crippen LogP contribution in [-0.4, -0.2) is 55.5 Å². The number of rotatable bonds is 5. The van der Waals surface area contributed by atoms with Gasteiger partial charge in [-0.1, -0.05) is 0 Å². The molecule has 1 fully saturated rings. The average molecular weight is 448 g/mol. The van der Waals surface area contributed by atoms with Crippen LogP contribution in [0.4, 0.5) is 17.6 Å². The molecule has 0 aliphatic carbocycles.